The summed E-state index contributed by atoms with van der Waals surface area (Å²) in [5, 5.41) is 0. The summed E-state index contributed by atoms with van der Waals surface area (Å²) in [7, 11) is 1.43. The van der Waals surface area contributed by atoms with Crippen LogP contribution in [0.15, 0.2) is 0 Å². The first-order chi connectivity index (χ1) is 5.04. The molecule has 0 fully saturated rings. The van der Waals surface area contributed by atoms with Crippen molar-refractivity contribution < 1.29 is 9.47 Å². The maximum atomic E-state index is 5.46. The van der Waals surface area contributed by atoms with Gasteiger partial charge < -0.3 is 15.2 Å². The highest BCUT2D eigenvalue weighted by Gasteiger charge is 2.28. The van der Waals surface area contributed by atoms with Gasteiger partial charge in [0.2, 0.25) is 5.85 Å². The zero-order valence-corrected chi connectivity index (χ0v) is 7.04. The fourth-order valence-electron chi connectivity index (χ4n) is 0.545. The third-order valence-corrected chi connectivity index (χ3v) is 1.25. The molecule has 0 bridgehead atoms. The fourth-order valence-corrected chi connectivity index (χ4v) is 0.545. The molecule has 1 unspecified atom stereocenters. The molecule has 0 heterocycles. The van der Waals surface area contributed by atoms with Gasteiger partial charge in [0.05, 0.1) is 6.61 Å². The zero-order valence-electron chi connectivity index (χ0n) is 7.04. The van der Waals surface area contributed by atoms with Gasteiger partial charge in [-0.3, -0.25) is 11.5 Å². The molecule has 0 amide bonds. The van der Waals surface area contributed by atoms with Gasteiger partial charge in [0.25, 0.3) is 0 Å². The Morgan fingerprint density at radius 2 is 2.00 bits per heavy atom. The molecule has 0 aromatic heterocycles. The number of methoxy groups -OCH3 is 1. The van der Waals surface area contributed by atoms with Gasteiger partial charge in [-0.2, -0.15) is 0 Å². The minimum atomic E-state index is -1.38. The molecule has 0 aromatic carbocycles. The van der Waals surface area contributed by atoms with Crippen LogP contribution < -0.4 is 17.2 Å². The molecule has 0 aliphatic heterocycles. The minimum absolute atomic E-state index is 0.476. The topological polar surface area (TPSA) is 96.5 Å². The van der Waals surface area contributed by atoms with E-state index in [1.807, 2.05) is 6.92 Å². The van der Waals surface area contributed by atoms with Crippen LogP contribution in [0.5, 0.6) is 0 Å². The van der Waals surface area contributed by atoms with E-state index in [-0.39, 0.29) is 0 Å². The van der Waals surface area contributed by atoms with E-state index in [9.17, 15) is 0 Å². The van der Waals surface area contributed by atoms with Crippen LogP contribution >= 0.6 is 0 Å². The van der Waals surface area contributed by atoms with Crippen LogP contribution in [0.3, 0.4) is 0 Å². The molecule has 5 heteroatoms. The molecule has 5 nitrogen and oxygen atoms in total. The molecule has 11 heavy (non-hydrogen) atoms. The summed E-state index contributed by atoms with van der Waals surface area (Å²) in [6.45, 7) is 2.43. The molecule has 0 saturated carbocycles. The van der Waals surface area contributed by atoms with Gasteiger partial charge in [-0.1, -0.05) is 6.92 Å². The Kier molecular flexibility index (Phi) is 4.55. The molecule has 0 aliphatic carbocycles. The van der Waals surface area contributed by atoms with E-state index in [1.54, 1.807) is 0 Å². The van der Waals surface area contributed by atoms with E-state index < -0.39 is 12.1 Å². The summed E-state index contributed by atoms with van der Waals surface area (Å²) < 4.78 is 9.75. The van der Waals surface area contributed by atoms with Crippen molar-refractivity contribution >= 4 is 0 Å². The molecule has 0 rings (SSSR count). The van der Waals surface area contributed by atoms with E-state index in [1.165, 1.54) is 7.11 Å². The quantitative estimate of drug-likeness (QED) is 0.448. The minimum Gasteiger partial charge on any atom is -0.361 e. The zero-order chi connectivity index (χ0) is 8.91. The highest BCUT2D eigenvalue weighted by Crippen LogP contribution is 2.00. The van der Waals surface area contributed by atoms with Crippen molar-refractivity contribution in [2.24, 2.45) is 17.2 Å². The van der Waals surface area contributed by atoms with Crippen LogP contribution in [-0.2, 0) is 9.47 Å². The second-order valence-electron chi connectivity index (χ2n) is 2.36. The largest absolute Gasteiger partial charge is 0.361 e. The van der Waals surface area contributed by atoms with Crippen LogP contribution in [0.1, 0.15) is 13.3 Å². The summed E-state index contributed by atoms with van der Waals surface area (Å²) in [4.78, 5) is 0. The van der Waals surface area contributed by atoms with Crippen molar-refractivity contribution in [2.45, 2.75) is 25.4 Å². The Morgan fingerprint density at radius 3 is 2.36 bits per heavy atom. The lowest BCUT2D eigenvalue weighted by atomic mass is 10.4. The number of hydrogen-bond acceptors (Lipinski definition) is 5. The summed E-state index contributed by atoms with van der Waals surface area (Å²) in [5.41, 5.74) is 16.3. The van der Waals surface area contributed by atoms with Crippen molar-refractivity contribution in [3.63, 3.8) is 0 Å². The fraction of sp³-hybridized carbons (Fsp3) is 1.00. The van der Waals surface area contributed by atoms with Crippen LogP contribution in [-0.4, -0.2) is 25.8 Å². The maximum Gasteiger partial charge on any atom is 0.210 e. The molecule has 6 N–H and O–H groups in total. The van der Waals surface area contributed by atoms with E-state index in [0.717, 1.165) is 6.42 Å². The average molecular weight is 163 g/mol. The van der Waals surface area contributed by atoms with Gasteiger partial charge in [0.15, 0.2) is 6.23 Å². The highest BCUT2D eigenvalue weighted by atomic mass is 16.6. The number of rotatable bonds is 5. The summed E-state index contributed by atoms with van der Waals surface area (Å²) in [6.07, 6.45) is 0.0427. The van der Waals surface area contributed by atoms with Crippen LogP contribution in [0.4, 0.5) is 0 Å². The van der Waals surface area contributed by atoms with Gasteiger partial charge in [-0.05, 0) is 6.42 Å². The molecular formula is C6H17N3O2. The van der Waals surface area contributed by atoms with Gasteiger partial charge in [0, 0.05) is 7.11 Å². The van der Waals surface area contributed by atoms with E-state index >= 15 is 0 Å². The Bertz CT molecular complexity index is 108. The molecule has 68 valence electrons. The van der Waals surface area contributed by atoms with Crippen molar-refractivity contribution in [2.75, 3.05) is 13.7 Å². The van der Waals surface area contributed by atoms with Gasteiger partial charge >= 0.3 is 0 Å². The van der Waals surface area contributed by atoms with E-state index in [2.05, 4.69) is 0 Å². The molecular weight excluding hydrogens is 146 g/mol. The summed E-state index contributed by atoms with van der Waals surface area (Å²) >= 11 is 0. The second kappa shape index (κ2) is 4.63. The van der Waals surface area contributed by atoms with E-state index in [0.29, 0.717) is 6.61 Å². The third kappa shape index (κ3) is 3.64. The lowest BCUT2D eigenvalue weighted by molar-refractivity contribution is -0.127. The van der Waals surface area contributed by atoms with Crippen molar-refractivity contribution in [3.05, 3.63) is 0 Å². The van der Waals surface area contributed by atoms with Crippen LogP contribution in [0.25, 0.3) is 0 Å². The Balaban J connectivity index is 3.77. The summed E-state index contributed by atoms with van der Waals surface area (Å²) in [5.74, 6) is -1.38. The van der Waals surface area contributed by atoms with Crippen molar-refractivity contribution in [3.8, 4) is 0 Å². The van der Waals surface area contributed by atoms with Crippen molar-refractivity contribution in [1.82, 2.24) is 0 Å². The van der Waals surface area contributed by atoms with E-state index in [4.69, 9.17) is 26.7 Å². The first kappa shape index (κ1) is 10.8. The van der Waals surface area contributed by atoms with Gasteiger partial charge in [-0.15, -0.1) is 0 Å². The predicted molar refractivity (Wildman–Crippen MR) is 42.3 cm³/mol. The lowest BCUT2D eigenvalue weighted by Gasteiger charge is -2.29. The Labute approximate surface area is 66.8 Å². The predicted octanol–water partition coefficient (Wildman–Crippen LogP) is -1.08. The highest BCUT2D eigenvalue weighted by molar-refractivity contribution is 4.71. The van der Waals surface area contributed by atoms with Crippen LogP contribution in [0.2, 0.25) is 0 Å². The smallest absolute Gasteiger partial charge is 0.210 e. The van der Waals surface area contributed by atoms with Gasteiger partial charge in [-0.25, -0.2) is 0 Å². The molecule has 0 radical (unpaired) electrons. The lowest BCUT2D eigenvalue weighted by Crippen LogP contribution is -2.64. The first-order valence-electron chi connectivity index (χ1n) is 3.54. The van der Waals surface area contributed by atoms with Crippen LogP contribution in [0, 0.1) is 0 Å². The number of nitrogens with two attached hydrogens (primary N) is 3. The Morgan fingerprint density at radius 1 is 1.45 bits per heavy atom. The average Bonchev–Trinajstić information content (AvgIpc) is 1.99. The number of ether oxygens (including phenoxy) is 2. The molecule has 0 aromatic rings. The molecule has 0 spiro atoms. The monoisotopic (exact) mass is 163 g/mol. The standard InChI is InChI=1S/C6H17N3O2/c1-3-4-11-6(8,9)5(7)10-2/h5H,3-4,7-9H2,1-2H3. The van der Waals surface area contributed by atoms with Crippen molar-refractivity contribution in [1.29, 1.82) is 0 Å². The molecule has 0 aliphatic rings. The van der Waals surface area contributed by atoms with Gasteiger partial charge in [0.1, 0.15) is 0 Å². The number of hydrogen-bond donors (Lipinski definition) is 3. The molecule has 1 atom stereocenters. The normalized spacial score (nSPS) is 15.0. The maximum absolute atomic E-state index is 5.46. The second-order valence-corrected chi connectivity index (χ2v) is 2.36. The third-order valence-electron chi connectivity index (χ3n) is 1.25. The molecule has 0 saturated heterocycles. The first-order valence-corrected chi connectivity index (χ1v) is 3.54. The SMILES string of the molecule is CCCOC(N)(N)C(N)OC. The Hall–Kier alpha value is -0.200. The summed E-state index contributed by atoms with van der Waals surface area (Å²) in [6, 6.07) is 0.